The monoisotopic (exact) mass is 590 g/mol. The minimum absolute atomic E-state index is 0.0378. The van der Waals surface area contributed by atoms with Crippen LogP contribution in [0.1, 0.15) is 50.8 Å². The zero-order valence-corrected chi connectivity index (χ0v) is 25.9. The highest BCUT2D eigenvalue weighted by Gasteiger charge is 2.75. The standard InChI is InChI=1S/C39H42O5/c1-24-22-37-25(2)20-31-32(36(31,3)4)30(35(37)42)21-26(34(41)39(37,43)33(24)40)23-44-38(27-14-8-5-9-15-27,28-16-10-6-11-17-28)29-18-12-7-13-19-29/h5-19,21-22,25,30-34,40-41,43H,20,23H2,1-4H3/t25-,30+,31-,32+,33+,34-,37+,39-/m1/s1. The number of carbonyl (C=O) groups excluding carboxylic acids is 1. The van der Waals surface area contributed by atoms with Crippen molar-refractivity contribution in [3.8, 4) is 0 Å². The summed E-state index contributed by atoms with van der Waals surface area (Å²) in [5.41, 5.74) is -0.888. The Morgan fingerprint density at radius 1 is 0.841 bits per heavy atom. The first kappa shape index (κ1) is 29.4. The summed E-state index contributed by atoms with van der Waals surface area (Å²) in [5, 5.41) is 36.4. The van der Waals surface area contributed by atoms with E-state index in [0.29, 0.717) is 17.1 Å². The number of hydrogen-bond acceptors (Lipinski definition) is 5. The second-order valence-corrected chi connectivity index (χ2v) is 14.2. The second kappa shape index (κ2) is 10.1. The van der Waals surface area contributed by atoms with Crippen molar-refractivity contribution >= 4 is 5.78 Å². The number of carbonyl (C=O) groups is 1. The van der Waals surface area contributed by atoms with Crippen molar-refractivity contribution in [1.29, 1.82) is 0 Å². The molecule has 1 spiro atoms. The number of Topliss-reactive ketones (excluding diaryl/α,β-unsaturated/α-hetero) is 1. The summed E-state index contributed by atoms with van der Waals surface area (Å²) >= 11 is 0. The van der Waals surface area contributed by atoms with E-state index in [1.807, 2.05) is 104 Å². The minimum Gasteiger partial charge on any atom is -0.386 e. The molecule has 4 aliphatic carbocycles. The lowest BCUT2D eigenvalue weighted by Gasteiger charge is -2.48. The van der Waals surface area contributed by atoms with Crippen LogP contribution in [0.3, 0.4) is 0 Å². The molecule has 0 aromatic heterocycles. The lowest BCUT2D eigenvalue weighted by Crippen LogP contribution is -2.65. The van der Waals surface area contributed by atoms with Gasteiger partial charge in [0, 0.05) is 5.92 Å². The molecule has 2 fully saturated rings. The van der Waals surface area contributed by atoms with Crippen LogP contribution in [0.4, 0.5) is 0 Å². The van der Waals surface area contributed by atoms with Gasteiger partial charge < -0.3 is 20.1 Å². The largest absolute Gasteiger partial charge is 0.386 e. The van der Waals surface area contributed by atoms with Crippen molar-refractivity contribution < 1.29 is 24.9 Å². The first-order valence-electron chi connectivity index (χ1n) is 15.8. The van der Waals surface area contributed by atoms with Crippen LogP contribution in [-0.4, -0.2) is 45.5 Å². The van der Waals surface area contributed by atoms with Crippen LogP contribution in [0.25, 0.3) is 0 Å². The number of aliphatic hydroxyl groups is 3. The molecular weight excluding hydrogens is 548 g/mol. The number of ether oxygens (including phenoxy) is 1. The van der Waals surface area contributed by atoms with Gasteiger partial charge in [0.15, 0.2) is 5.78 Å². The fourth-order valence-electron chi connectivity index (χ4n) is 9.38. The number of allylic oxidation sites excluding steroid dienone is 1. The van der Waals surface area contributed by atoms with Crippen LogP contribution in [0.2, 0.25) is 0 Å². The summed E-state index contributed by atoms with van der Waals surface area (Å²) in [6.45, 7) is 8.12. The number of hydrogen-bond donors (Lipinski definition) is 3. The molecule has 4 aliphatic rings. The molecular formula is C39H42O5. The Morgan fingerprint density at radius 3 is 1.84 bits per heavy atom. The third kappa shape index (κ3) is 3.76. The Kier molecular flexibility index (Phi) is 6.73. The average Bonchev–Trinajstić information content (AvgIpc) is 3.54. The maximum absolute atomic E-state index is 14.7. The highest BCUT2D eigenvalue weighted by molar-refractivity contribution is 5.95. The third-order valence-electron chi connectivity index (χ3n) is 11.7. The van der Waals surface area contributed by atoms with Crippen molar-refractivity contribution in [2.75, 3.05) is 6.61 Å². The molecule has 5 nitrogen and oxygen atoms in total. The Hall–Kier alpha value is -3.35. The maximum Gasteiger partial charge on any atom is 0.153 e. The first-order chi connectivity index (χ1) is 21.0. The van der Waals surface area contributed by atoms with Gasteiger partial charge >= 0.3 is 0 Å². The van der Waals surface area contributed by atoms with Gasteiger partial charge in [0.05, 0.1) is 12.0 Å². The molecule has 0 saturated heterocycles. The van der Waals surface area contributed by atoms with E-state index in [4.69, 9.17) is 4.74 Å². The Balaban J connectivity index is 1.39. The average molecular weight is 591 g/mol. The van der Waals surface area contributed by atoms with Gasteiger partial charge in [-0.05, 0) is 64.3 Å². The molecule has 0 aliphatic heterocycles. The minimum atomic E-state index is -2.10. The Labute approximate surface area is 259 Å². The van der Waals surface area contributed by atoms with Crippen LogP contribution in [0, 0.1) is 34.5 Å². The molecule has 44 heavy (non-hydrogen) atoms. The summed E-state index contributed by atoms with van der Waals surface area (Å²) in [6, 6.07) is 30.0. The van der Waals surface area contributed by atoms with Crippen molar-refractivity contribution in [1.82, 2.24) is 0 Å². The Bertz CT molecular complexity index is 1530. The molecule has 7 rings (SSSR count). The highest BCUT2D eigenvalue weighted by Crippen LogP contribution is 2.71. The molecule has 3 N–H and O–H groups in total. The van der Waals surface area contributed by atoms with Gasteiger partial charge in [0.2, 0.25) is 0 Å². The zero-order valence-electron chi connectivity index (χ0n) is 25.9. The smallest absolute Gasteiger partial charge is 0.153 e. The van der Waals surface area contributed by atoms with Crippen molar-refractivity contribution in [3.05, 3.63) is 131 Å². The van der Waals surface area contributed by atoms with E-state index >= 15 is 0 Å². The second-order valence-electron chi connectivity index (χ2n) is 14.2. The number of rotatable bonds is 6. The first-order valence-corrected chi connectivity index (χ1v) is 15.8. The van der Waals surface area contributed by atoms with E-state index in [1.165, 1.54) is 0 Å². The number of ketones is 1. The summed E-state index contributed by atoms with van der Waals surface area (Å²) in [5.74, 6) is -0.457. The van der Waals surface area contributed by atoms with Crippen molar-refractivity contribution in [3.63, 3.8) is 0 Å². The van der Waals surface area contributed by atoms with Gasteiger partial charge in [-0.25, -0.2) is 0 Å². The van der Waals surface area contributed by atoms with E-state index in [2.05, 4.69) is 13.8 Å². The van der Waals surface area contributed by atoms with Crippen LogP contribution >= 0.6 is 0 Å². The fourth-order valence-corrected chi connectivity index (χ4v) is 9.38. The highest BCUT2D eigenvalue weighted by atomic mass is 16.5. The molecule has 3 aromatic carbocycles. The molecule has 228 valence electrons. The quantitative estimate of drug-likeness (QED) is 0.248. The normalized spacial score (nSPS) is 35.5. The number of aliphatic hydroxyl groups excluding tert-OH is 2. The molecule has 2 bridgehead atoms. The maximum atomic E-state index is 14.7. The lowest BCUT2D eigenvalue weighted by atomic mass is 9.59. The van der Waals surface area contributed by atoms with Crippen LogP contribution in [0.5, 0.6) is 0 Å². The van der Waals surface area contributed by atoms with E-state index in [1.54, 1.807) is 13.0 Å². The van der Waals surface area contributed by atoms with E-state index in [-0.39, 0.29) is 29.6 Å². The lowest BCUT2D eigenvalue weighted by molar-refractivity contribution is -0.190. The molecule has 0 heterocycles. The summed E-state index contributed by atoms with van der Waals surface area (Å²) in [7, 11) is 0. The van der Waals surface area contributed by atoms with Gasteiger partial charge in [-0.3, -0.25) is 4.79 Å². The number of fused-ring (bicyclic) bond motifs is 3. The Morgan fingerprint density at radius 2 is 1.34 bits per heavy atom. The number of benzene rings is 3. The van der Waals surface area contributed by atoms with E-state index < -0.39 is 34.7 Å². The van der Waals surface area contributed by atoms with Gasteiger partial charge in [-0.1, -0.05) is 124 Å². The summed E-state index contributed by atoms with van der Waals surface area (Å²) in [4.78, 5) is 14.7. The zero-order chi connectivity index (χ0) is 31.1. The van der Waals surface area contributed by atoms with Crippen molar-refractivity contribution in [2.45, 2.75) is 57.5 Å². The predicted octanol–water partition coefficient (Wildman–Crippen LogP) is 5.83. The molecule has 2 saturated carbocycles. The SMILES string of the molecule is CC1=C[C@]23C(=O)[C@@H](C=C(COC(c4ccccc4)(c4ccccc4)c4ccccc4)[C@@H](O)[C@]2(O)[C@H]1O)[C@H]1[C@@H](C[C@H]3C)C1(C)C. The summed E-state index contributed by atoms with van der Waals surface area (Å²) in [6.07, 6.45) is 1.52. The van der Waals surface area contributed by atoms with E-state index in [9.17, 15) is 20.1 Å². The van der Waals surface area contributed by atoms with Gasteiger partial charge in [-0.15, -0.1) is 0 Å². The molecule has 0 radical (unpaired) electrons. The molecule has 8 atom stereocenters. The molecule has 3 aromatic rings. The van der Waals surface area contributed by atoms with Crippen LogP contribution < -0.4 is 0 Å². The molecule has 0 unspecified atom stereocenters. The van der Waals surface area contributed by atoms with Gasteiger partial charge in [0.25, 0.3) is 0 Å². The molecule has 5 heteroatoms. The van der Waals surface area contributed by atoms with Crippen molar-refractivity contribution in [2.24, 2.45) is 34.5 Å². The van der Waals surface area contributed by atoms with Gasteiger partial charge in [-0.2, -0.15) is 0 Å². The summed E-state index contributed by atoms with van der Waals surface area (Å²) < 4.78 is 7.10. The molecule has 0 amide bonds. The third-order valence-corrected chi connectivity index (χ3v) is 11.7. The van der Waals surface area contributed by atoms with Crippen LogP contribution in [0.15, 0.2) is 114 Å². The fraction of sp³-hybridized carbons (Fsp3) is 0.410. The van der Waals surface area contributed by atoms with Crippen LogP contribution in [-0.2, 0) is 15.1 Å². The predicted molar refractivity (Wildman–Crippen MR) is 169 cm³/mol. The van der Waals surface area contributed by atoms with E-state index in [0.717, 1.165) is 23.1 Å². The topological polar surface area (TPSA) is 87.0 Å². The van der Waals surface area contributed by atoms with Gasteiger partial charge in [0.1, 0.15) is 23.4 Å².